The van der Waals surface area contributed by atoms with Gasteiger partial charge in [0.05, 0.1) is 11.3 Å². The van der Waals surface area contributed by atoms with Crippen LogP contribution in [-0.2, 0) is 6.54 Å². The summed E-state index contributed by atoms with van der Waals surface area (Å²) in [7, 11) is 0. The van der Waals surface area contributed by atoms with Crippen molar-refractivity contribution in [1.29, 1.82) is 0 Å². The van der Waals surface area contributed by atoms with Crippen molar-refractivity contribution in [2.75, 3.05) is 18.4 Å². The van der Waals surface area contributed by atoms with Gasteiger partial charge in [-0.1, -0.05) is 12.1 Å². The molecule has 1 aromatic carbocycles. The maximum absolute atomic E-state index is 12.8. The number of benzene rings is 1. The lowest BCUT2D eigenvalue weighted by molar-refractivity contribution is 0.0794. The molecule has 25 heavy (non-hydrogen) atoms. The molecule has 2 heterocycles. The van der Waals surface area contributed by atoms with Crippen molar-refractivity contribution in [3.63, 3.8) is 0 Å². The largest absolute Gasteiger partial charge is 0.343 e. The Bertz CT molecular complexity index is 807. The van der Waals surface area contributed by atoms with Gasteiger partial charge in [-0.05, 0) is 60.3 Å². The third-order valence-corrected chi connectivity index (χ3v) is 5.01. The molecule has 0 atom stereocenters. The van der Waals surface area contributed by atoms with E-state index in [9.17, 15) is 9.59 Å². The van der Waals surface area contributed by atoms with Crippen molar-refractivity contribution in [3.05, 3.63) is 51.8 Å². The minimum Gasteiger partial charge on any atom is -0.343 e. The lowest BCUT2D eigenvalue weighted by Crippen LogP contribution is -2.29. The van der Waals surface area contributed by atoms with E-state index in [1.807, 2.05) is 41.6 Å². The van der Waals surface area contributed by atoms with Crippen molar-refractivity contribution in [2.24, 2.45) is 0 Å². The Morgan fingerprint density at radius 2 is 1.96 bits per heavy atom. The van der Waals surface area contributed by atoms with Gasteiger partial charge in [-0.3, -0.25) is 9.59 Å². The van der Waals surface area contributed by atoms with Crippen LogP contribution in [0.15, 0.2) is 34.9 Å². The molecule has 1 N–H and O–H groups in total. The summed E-state index contributed by atoms with van der Waals surface area (Å²) in [5.74, 6) is -0.221. The number of aryl methyl sites for hydroxylation is 2. The molecule has 2 amide bonds. The molecule has 1 saturated heterocycles. The zero-order valence-corrected chi connectivity index (χ0v) is 16.1. The Kier molecular flexibility index (Phi) is 5.27. The third kappa shape index (κ3) is 3.63. The summed E-state index contributed by atoms with van der Waals surface area (Å²) in [6, 6.07) is 7.35. The van der Waals surface area contributed by atoms with E-state index in [-0.39, 0.29) is 11.8 Å². The van der Waals surface area contributed by atoms with Gasteiger partial charge in [-0.2, -0.15) is 0 Å². The van der Waals surface area contributed by atoms with Crippen molar-refractivity contribution < 1.29 is 9.59 Å². The number of halogens is 1. The number of para-hydroxylation sites is 1. The van der Waals surface area contributed by atoms with Gasteiger partial charge < -0.3 is 14.8 Å². The van der Waals surface area contributed by atoms with Crippen molar-refractivity contribution >= 4 is 33.4 Å². The van der Waals surface area contributed by atoms with Gasteiger partial charge in [0.25, 0.3) is 11.8 Å². The zero-order chi connectivity index (χ0) is 18.0. The summed E-state index contributed by atoms with van der Waals surface area (Å²) in [6.45, 7) is 6.16. The maximum Gasteiger partial charge on any atom is 0.272 e. The first kappa shape index (κ1) is 17.7. The maximum atomic E-state index is 12.8. The van der Waals surface area contributed by atoms with Gasteiger partial charge >= 0.3 is 0 Å². The number of hydrogen-bond donors (Lipinski definition) is 1. The molecule has 0 radical (unpaired) electrons. The first-order valence-corrected chi connectivity index (χ1v) is 9.36. The number of nitrogens with one attached hydrogen (secondary N) is 1. The fourth-order valence-electron chi connectivity index (χ4n) is 3.21. The average molecular weight is 404 g/mol. The van der Waals surface area contributed by atoms with Crippen LogP contribution in [0.1, 0.15) is 46.2 Å². The van der Waals surface area contributed by atoms with Crippen molar-refractivity contribution in [3.8, 4) is 0 Å². The van der Waals surface area contributed by atoms with Crippen LogP contribution >= 0.6 is 15.9 Å². The van der Waals surface area contributed by atoms with Gasteiger partial charge in [0.1, 0.15) is 5.69 Å². The molecule has 1 fully saturated rings. The van der Waals surface area contributed by atoms with E-state index in [0.717, 1.165) is 36.0 Å². The molecule has 1 aromatic heterocycles. The summed E-state index contributed by atoms with van der Waals surface area (Å²) in [6.07, 6.45) is 3.96. The fraction of sp³-hybridized carbons (Fsp3) is 0.368. The molecule has 1 aliphatic heterocycles. The summed E-state index contributed by atoms with van der Waals surface area (Å²) in [5, 5.41) is 2.96. The average Bonchev–Trinajstić information content (AvgIpc) is 3.25. The number of anilines is 1. The Morgan fingerprint density at radius 3 is 2.64 bits per heavy atom. The van der Waals surface area contributed by atoms with Crippen LogP contribution in [0.2, 0.25) is 0 Å². The van der Waals surface area contributed by atoms with E-state index in [1.165, 1.54) is 0 Å². The quantitative estimate of drug-likeness (QED) is 0.836. The van der Waals surface area contributed by atoms with Crippen molar-refractivity contribution in [2.45, 2.75) is 33.2 Å². The highest BCUT2D eigenvalue weighted by molar-refractivity contribution is 9.10. The SMILES string of the molecule is CCn1cc(Br)cc1C(=O)Nc1c(C)cccc1C(=O)N1CCCC1. The smallest absolute Gasteiger partial charge is 0.272 e. The molecule has 0 spiro atoms. The van der Waals surface area contributed by atoms with Gasteiger partial charge in [0.15, 0.2) is 0 Å². The van der Waals surface area contributed by atoms with E-state index in [2.05, 4.69) is 21.2 Å². The second-order valence-electron chi connectivity index (χ2n) is 6.28. The highest BCUT2D eigenvalue weighted by atomic mass is 79.9. The Morgan fingerprint density at radius 1 is 1.24 bits per heavy atom. The van der Waals surface area contributed by atoms with E-state index in [0.29, 0.717) is 23.5 Å². The Labute approximate surface area is 156 Å². The molecule has 0 saturated carbocycles. The predicted octanol–water partition coefficient (Wildman–Crippen LogP) is 4.07. The molecular formula is C19H22BrN3O2. The van der Waals surface area contributed by atoms with Crippen LogP contribution in [-0.4, -0.2) is 34.4 Å². The van der Waals surface area contributed by atoms with Gasteiger partial charge in [0, 0.05) is 30.3 Å². The van der Waals surface area contributed by atoms with Crippen LogP contribution in [0.5, 0.6) is 0 Å². The van der Waals surface area contributed by atoms with Crippen LogP contribution in [0, 0.1) is 6.92 Å². The summed E-state index contributed by atoms with van der Waals surface area (Å²) < 4.78 is 2.73. The standard InChI is InChI=1S/C19H22BrN3O2/c1-3-22-12-14(20)11-16(22)18(24)21-17-13(2)7-6-8-15(17)19(25)23-9-4-5-10-23/h6-8,11-12H,3-5,9-10H2,1-2H3,(H,21,24). The minimum absolute atomic E-state index is 0.0106. The molecule has 132 valence electrons. The molecule has 3 rings (SSSR count). The lowest BCUT2D eigenvalue weighted by Gasteiger charge is -2.19. The van der Waals surface area contributed by atoms with Crippen LogP contribution in [0.25, 0.3) is 0 Å². The molecule has 2 aromatic rings. The number of carbonyl (C=O) groups is 2. The van der Waals surface area contributed by atoms with Gasteiger partial charge in [-0.15, -0.1) is 0 Å². The number of amides is 2. The highest BCUT2D eigenvalue weighted by Gasteiger charge is 2.24. The van der Waals surface area contributed by atoms with E-state index < -0.39 is 0 Å². The normalized spacial score (nSPS) is 14.0. The third-order valence-electron chi connectivity index (χ3n) is 4.57. The van der Waals surface area contributed by atoms with E-state index in [4.69, 9.17) is 0 Å². The lowest BCUT2D eigenvalue weighted by atomic mass is 10.1. The summed E-state index contributed by atoms with van der Waals surface area (Å²) >= 11 is 3.41. The van der Waals surface area contributed by atoms with Crippen LogP contribution in [0.4, 0.5) is 5.69 Å². The second-order valence-corrected chi connectivity index (χ2v) is 7.20. The Balaban J connectivity index is 1.91. The topological polar surface area (TPSA) is 54.3 Å². The fourth-order valence-corrected chi connectivity index (χ4v) is 3.67. The summed E-state index contributed by atoms with van der Waals surface area (Å²) in [4.78, 5) is 27.5. The number of rotatable bonds is 4. The molecule has 5 nitrogen and oxygen atoms in total. The van der Waals surface area contributed by atoms with Crippen molar-refractivity contribution in [1.82, 2.24) is 9.47 Å². The zero-order valence-electron chi connectivity index (χ0n) is 14.5. The number of hydrogen-bond acceptors (Lipinski definition) is 2. The van der Waals surface area contributed by atoms with E-state index in [1.54, 1.807) is 12.1 Å². The second kappa shape index (κ2) is 7.44. The first-order valence-electron chi connectivity index (χ1n) is 8.57. The minimum atomic E-state index is -0.211. The number of likely N-dealkylation sites (tertiary alicyclic amines) is 1. The molecule has 6 heteroatoms. The molecule has 0 aliphatic carbocycles. The number of carbonyl (C=O) groups excluding carboxylic acids is 2. The van der Waals surface area contributed by atoms with Gasteiger partial charge in [-0.25, -0.2) is 0 Å². The number of aromatic nitrogens is 1. The molecule has 0 unspecified atom stereocenters. The highest BCUT2D eigenvalue weighted by Crippen LogP contribution is 2.25. The predicted molar refractivity (Wildman–Crippen MR) is 102 cm³/mol. The van der Waals surface area contributed by atoms with Crippen LogP contribution < -0.4 is 5.32 Å². The molecule has 1 aliphatic rings. The van der Waals surface area contributed by atoms with Crippen LogP contribution in [0.3, 0.4) is 0 Å². The monoisotopic (exact) mass is 403 g/mol. The Hall–Kier alpha value is -2.08. The first-order chi connectivity index (χ1) is 12.0. The molecular weight excluding hydrogens is 382 g/mol. The molecule has 0 bridgehead atoms. The number of nitrogens with zero attached hydrogens (tertiary/aromatic N) is 2. The van der Waals surface area contributed by atoms with E-state index >= 15 is 0 Å². The summed E-state index contributed by atoms with van der Waals surface area (Å²) in [5.41, 5.74) is 2.61. The van der Waals surface area contributed by atoms with Gasteiger partial charge in [0.2, 0.25) is 0 Å².